The highest BCUT2D eigenvalue weighted by atomic mass is 32.2. The molecule has 2 aromatic carbocycles. The van der Waals surface area contributed by atoms with Gasteiger partial charge in [0.05, 0.1) is 17.9 Å². The van der Waals surface area contributed by atoms with Crippen molar-refractivity contribution in [1.29, 1.82) is 0 Å². The third-order valence-corrected chi connectivity index (χ3v) is 5.75. The summed E-state index contributed by atoms with van der Waals surface area (Å²) >= 11 is 0. The van der Waals surface area contributed by atoms with E-state index in [0.717, 1.165) is 5.56 Å². The average Bonchev–Trinajstić information content (AvgIpc) is 3.09. The van der Waals surface area contributed by atoms with E-state index >= 15 is 0 Å². The SMILES string of the molecule is COc1cccc(N2C[C@@H](C(=O)NCCc3ccc(S(N)(=O)=O)cc3)CC2=O)c1. The molecule has 9 heteroatoms. The van der Waals surface area contributed by atoms with Crippen LogP contribution in [-0.4, -0.2) is 40.4 Å². The summed E-state index contributed by atoms with van der Waals surface area (Å²) in [5.74, 6) is -0.0444. The molecule has 1 heterocycles. The second kappa shape index (κ2) is 8.62. The van der Waals surface area contributed by atoms with E-state index in [1.54, 1.807) is 42.3 Å². The molecule has 0 aliphatic carbocycles. The van der Waals surface area contributed by atoms with Crippen LogP contribution in [0.25, 0.3) is 0 Å². The van der Waals surface area contributed by atoms with Gasteiger partial charge in [-0.05, 0) is 36.2 Å². The van der Waals surface area contributed by atoms with E-state index < -0.39 is 15.9 Å². The molecule has 0 radical (unpaired) electrons. The Morgan fingerprint density at radius 3 is 2.62 bits per heavy atom. The lowest BCUT2D eigenvalue weighted by atomic mass is 10.1. The van der Waals surface area contributed by atoms with Gasteiger partial charge >= 0.3 is 0 Å². The minimum Gasteiger partial charge on any atom is -0.497 e. The van der Waals surface area contributed by atoms with Gasteiger partial charge in [0.25, 0.3) is 0 Å². The molecule has 2 aromatic rings. The van der Waals surface area contributed by atoms with E-state index in [1.165, 1.54) is 12.1 Å². The van der Waals surface area contributed by atoms with Crippen molar-refractivity contribution >= 4 is 27.5 Å². The summed E-state index contributed by atoms with van der Waals surface area (Å²) < 4.78 is 27.7. The highest BCUT2D eigenvalue weighted by molar-refractivity contribution is 7.89. The molecule has 154 valence electrons. The fourth-order valence-corrected chi connectivity index (χ4v) is 3.75. The molecule has 1 aliphatic rings. The maximum atomic E-state index is 12.5. The van der Waals surface area contributed by atoms with Crippen LogP contribution in [-0.2, 0) is 26.0 Å². The molecule has 1 fully saturated rings. The summed E-state index contributed by atoms with van der Waals surface area (Å²) in [6.45, 7) is 0.707. The first-order valence-corrected chi connectivity index (χ1v) is 10.7. The molecule has 0 aromatic heterocycles. The Bertz CT molecular complexity index is 1010. The quantitative estimate of drug-likeness (QED) is 0.698. The minimum atomic E-state index is -3.72. The van der Waals surface area contributed by atoms with Gasteiger partial charge < -0.3 is 15.0 Å². The first-order valence-electron chi connectivity index (χ1n) is 9.12. The number of carbonyl (C=O) groups is 2. The van der Waals surface area contributed by atoms with Crippen molar-refractivity contribution in [2.75, 3.05) is 25.1 Å². The van der Waals surface area contributed by atoms with E-state index in [2.05, 4.69) is 5.32 Å². The smallest absolute Gasteiger partial charge is 0.238 e. The normalized spacial score (nSPS) is 16.7. The van der Waals surface area contributed by atoms with Crippen LogP contribution >= 0.6 is 0 Å². The number of hydrogen-bond donors (Lipinski definition) is 2. The van der Waals surface area contributed by atoms with Gasteiger partial charge in [-0.15, -0.1) is 0 Å². The molecule has 1 saturated heterocycles. The summed E-state index contributed by atoms with van der Waals surface area (Å²) in [5.41, 5.74) is 1.58. The summed E-state index contributed by atoms with van der Waals surface area (Å²) in [7, 11) is -2.16. The highest BCUT2D eigenvalue weighted by Gasteiger charge is 2.35. The standard InChI is InChI=1S/C20H23N3O5S/c1-28-17-4-2-3-16(12-17)23-13-15(11-19(23)24)20(25)22-10-9-14-5-7-18(8-6-14)29(21,26)27/h2-8,12,15H,9-11,13H2,1H3,(H,22,25)(H2,21,26,27)/t15-/m0/s1. The van der Waals surface area contributed by atoms with Crippen molar-refractivity contribution in [1.82, 2.24) is 5.32 Å². The number of anilines is 1. The van der Waals surface area contributed by atoms with Crippen molar-refractivity contribution < 1.29 is 22.7 Å². The van der Waals surface area contributed by atoms with Crippen LogP contribution in [0.5, 0.6) is 5.75 Å². The zero-order chi connectivity index (χ0) is 21.0. The minimum absolute atomic E-state index is 0.0485. The fourth-order valence-electron chi connectivity index (χ4n) is 3.23. The first kappa shape index (κ1) is 20.8. The van der Waals surface area contributed by atoms with Crippen LogP contribution in [0, 0.1) is 5.92 Å². The number of nitrogens with two attached hydrogens (primary N) is 1. The summed E-state index contributed by atoms with van der Waals surface area (Å²) in [6.07, 6.45) is 0.697. The number of rotatable bonds is 7. The molecule has 1 aliphatic heterocycles. The average molecular weight is 417 g/mol. The number of methoxy groups -OCH3 is 1. The zero-order valence-electron chi connectivity index (χ0n) is 16.0. The Morgan fingerprint density at radius 2 is 1.97 bits per heavy atom. The number of primary sulfonamides is 1. The van der Waals surface area contributed by atoms with Gasteiger partial charge in [-0.1, -0.05) is 18.2 Å². The Labute approximate surface area is 169 Å². The van der Waals surface area contributed by atoms with Crippen LogP contribution in [0.15, 0.2) is 53.4 Å². The predicted octanol–water partition coefficient (Wildman–Crippen LogP) is 1.05. The number of ether oxygens (including phenoxy) is 1. The van der Waals surface area contributed by atoms with Gasteiger partial charge in [0, 0.05) is 31.3 Å². The molecule has 3 N–H and O–H groups in total. The topological polar surface area (TPSA) is 119 Å². The number of hydrogen-bond acceptors (Lipinski definition) is 5. The Hall–Kier alpha value is -2.91. The number of nitrogens with zero attached hydrogens (tertiary/aromatic N) is 1. The summed E-state index contributed by atoms with van der Waals surface area (Å²) in [6, 6.07) is 13.4. The van der Waals surface area contributed by atoms with E-state index in [9.17, 15) is 18.0 Å². The molecule has 2 amide bonds. The number of benzene rings is 2. The van der Waals surface area contributed by atoms with Gasteiger partial charge in [-0.3, -0.25) is 9.59 Å². The molecule has 1 atom stereocenters. The van der Waals surface area contributed by atoms with Crippen molar-refractivity contribution in [2.24, 2.45) is 11.1 Å². The monoisotopic (exact) mass is 417 g/mol. The Balaban J connectivity index is 1.53. The first-order chi connectivity index (χ1) is 13.8. The Morgan fingerprint density at radius 1 is 1.24 bits per heavy atom. The van der Waals surface area contributed by atoms with Crippen LogP contribution in [0.2, 0.25) is 0 Å². The number of nitrogens with one attached hydrogen (secondary N) is 1. The molecule has 0 spiro atoms. The van der Waals surface area contributed by atoms with E-state index in [1.807, 2.05) is 6.07 Å². The van der Waals surface area contributed by atoms with Gasteiger partial charge in [-0.25, -0.2) is 13.6 Å². The van der Waals surface area contributed by atoms with Crippen molar-refractivity contribution in [2.45, 2.75) is 17.7 Å². The molecule has 0 unspecified atom stereocenters. The summed E-state index contributed by atoms with van der Waals surface area (Å²) in [5, 5.41) is 7.92. The zero-order valence-corrected chi connectivity index (χ0v) is 16.8. The predicted molar refractivity (Wildman–Crippen MR) is 108 cm³/mol. The lowest BCUT2D eigenvalue weighted by molar-refractivity contribution is -0.126. The van der Waals surface area contributed by atoms with Crippen LogP contribution in [0.4, 0.5) is 5.69 Å². The van der Waals surface area contributed by atoms with Crippen molar-refractivity contribution in [3.8, 4) is 5.75 Å². The van der Waals surface area contributed by atoms with Gasteiger partial charge in [0.2, 0.25) is 21.8 Å². The van der Waals surface area contributed by atoms with Crippen LogP contribution < -0.4 is 20.1 Å². The molecule has 29 heavy (non-hydrogen) atoms. The molecule has 0 bridgehead atoms. The van der Waals surface area contributed by atoms with Crippen LogP contribution in [0.1, 0.15) is 12.0 Å². The molecule has 0 saturated carbocycles. The molecular weight excluding hydrogens is 394 g/mol. The summed E-state index contributed by atoms with van der Waals surface area (Å²) in [4.78, 5) is 26.4. The van der Waals surface area contributed by atoms with Gasteiger partial charge in [0.15, 0.2) is 0 Å². The van der Waals surface area contributed by atoms with Crippen LogP contribution in [0.3, 0.4) is 0 Å². The van der Waals surface area contributed by atoms with Gasteiger partial charge in [0.1, 0.15) is 5.75 Å². The molecule has 8 nitrogen and oxygen atoms in total. The van der Waals surface area contributed by atoms with Crippen molar-refractivity contribution in [3.63, 3.8) is 0 Å². The second-order valence-electron chi connectivity index (χ2n) is 6.84. The number of sulfonamides is 1. The maximum absolute atomic E-state index is 12.5. The molecule has 3 rings (SSSR count). The van der Waals surface area contributed by atoms with E-state index in [0.29, 0.717) is 30.9 Å². The largest absolute Gasteiger partial charge is 0.497 e. The Kier molecular flexibility index (Phi) is 6.19. The third kappa shape index (κ3) is 5.12. The fraction of sp³-hybridized carbons (Fsp3) is 0.300. The maximum Gasteiger partial charge on any atom is 0.238 e. The van der Waals surface area contributed by atoms with Gasteiger partial charge in [-0.2, -0.15) is 0 Å². The molecular formula is C20H23N3O5S. The second-order valence-corrected chi connectivity index (χ2v) is 8.40. The van der Waals surface area contributed by atoms with E-state index in [4.69, 9.17) is 9.88 Å². The van der Waals surface area contributed by atoms with E-state index in [-0.39, 0.29) is 23.1 Å². The van der Waals surface area contributed by atoms with Crippen molar-refractivity contribution in [3.05, 3.63) is 54.1 Å². The lowest BCUT2D eigenvalue weighted by Crippen LogP contribution is -2.34. The number of carbonyl (C=O) groups excluding carboxylic acids is 2. The highest BCUT2D eigenvalue weighted by Crippen LogP contribution is 2.27. The lowest BCUT2D eigenvalue weighted by Gasteiger charge is -2.17. The third-order valence-electron chi connectivity index (χ3n) is 4.83. The number of amides is 2.